The zero-order valence-corrected chi connectivity index (χ0v) is 11.9. The summed E-state index contributed by atoms with van der Waals surface area (Å²) in [6.07, 6.45) is 2.86. The first-order chi connectivity index (χ1) is 9.08. The molecule has 0 aliphatic carbocycles. The Balaban J connectivity index is 2.15. The molecule has 2 rings (SSSR count). The molecule has 0 unspecified atom stereocenters. The lowest BCUT2D eigenvalue weighted by molar-refractivity contribution is -0.118. The lowest BCUT2D eigenvalue weighted by atomic mass is 10.0. The van der Waals surface area contributed by atoms with E-state index in [9.17, 15) is 9.59 Å². The molecule has 1 aromatic rings. The van der Waals surface area contributed by atoms with E-state index in [1.165, 1.54) is 6.07 Å². The quantitative estimate of drug-likeness (QED) is 0.795. The van der Waals surface area contributed by atoms with Crippen LogP contribution in [0.25, 0.3) is 0 Å². The molecule has 5 nitrogen and oxygen atoms in total. The van der Waals surface area contributed by atoms with E-state index in [4.69, 9.17) is 5.11 Å². The highest BCUT2D eigenvalue weighted by atomic mass is 79.9. The Bertz CT molecular complexity index is 499. The highest BCUT2D eigenvalue weighted by molar-refractivity contribution is 9.10. The second-order valence-electron chi connectivity index (χ2n) is 4.49. The van der Waals surface area contributed by atoms with Crippen LogP contribution >= 0.6 is 15.9 Å². The average molecular weight is 327 g/mol. The molecule has 1 aliphatic rings. The van der Waals surface area contributed by atoms with Crippen molar-refractivity contribution in [3.8, 4) is 0 Å². The number of amides is 1. The normalized spacial score (nSPS) is 18.9. The van der Waals surface area contributed by atoms with Crippen molar-refractivity contribution in [2.75, 3.05) is 11.9 Å². The molecular formula is C13H15BrN2O3. The molecule has 1 fully saturated rings. The molecule has 0 spiro atoms. The second-order valence-corrected chi connectivity index (χ2v) is 5.40. The summed E-state index contributed by atoms with van der Waals surface area (Å²) in [4.78, 5) is 23.2. The van der Waals surface area contributed by atoms with Gasteiger partial charge in [-0.15, -0.1) is 0 Å². The molecule has 1 aromatic carbocycles. The van der Waals surface area contributed by atoms with Gasteiger partial charge >= 0.3 is 5.97 Å². The molecule has 3 N–H and O–H groups in total. The van der Waals surface area contributed by atoms with E-state index < -0.39 is 5.97 Å². The second kappa shape index (κ2) is 6.16. The van der Waals surface area contributed by atoms with Crippen LogP contribution < -0.4 is 10.6 Å². The van der Waals surface area contributed by atoms with E-state index in [2.05, 4.69) is 26.6 Å². The number of hydrogen-bond acceptors (Lipinski definition) is 3. The van der Waals surface area contributed by atoms with Crippen LogP contribution in [-0.2, 0) is 4.79 Å². The highest BCUT2D eigenvalue weighted by Crippen LogP contribution is 2.22. The fraction of sp³-hybridized carbons (Fsp3) is 0.385. The smallest absolute Gasteiger partial charge is 0.337 e. The van der Waals surface area contributed by atoms with Crippen LogP contribution in [0.15, 0.2) is 22.7 Å². The molecule has 0 saturated carbocycles. The molecule has 1 atom stereocenters. The molecular weight excluding hydrogens is 312 g/mol. The van der Waals surface area contributed by atoms with Crippen LogP contribution in [0.4, 0.5) is 5.69 Å². The van der Waals surface area contributed by atoms with E-state index in [1.54, 1.807) is 12.1 Å². The van der Waals surface area contributed by atoms with Gasteiger partial charge in [0.25, 0.3) is 0 Å². The van der Waals surface area contributed by atoms with Crippen molar-refractivity contribution in [1.29, 1.82) is 0 Å². The van der Waals surface area contributed by atoms with Gasteiger partial charge in [0, 0.05) is 4.47 Å². The number of hydrogen-bond donors (Lipinski definition) is 3. The number of halogens is 1. The Morgan fingerprint density at radius 3 is 2.79 bits per heavy atom. The maximum absolute atomic E-state index is 12.1. The minimum atomic E-state index is -1.06. The van der Waals surface area contributed by atoms with Crippen molar-refractivity contribution in [3.63, 3.8) is 0 Å². The molecule has 1 saturated heterocycles. The fourth-order valence-corrected chi connectivity index (χ4v) is 2.46. The highest BCUT2D eigenvalue weighted by Gasteiger charge is 2.22. The summed E-state index contributed by atoms with van der Waals surface area (Å²) in [6, 6.07) is 4.47. The first-order valence-corrected chi connectivity index (χ1v) is 6.94. The lowest BCUT2D eigenvalue weighted by Crippen LogP contribution is -2.43. The Morgan fingerprint density at radius 2 is 2.16 bits per heavy atom. The number of carbonyl (C=O) groups is 2. The van der Waals surface area contributed by atoms with Crippen molar-refractivity contribution in [1.82, 2.24) is 5.32 Å². The number of aromatic carboxylic acids is 1. The molecule has 19 heavy (non-hydrogen) atoms. The predicted molar refractivity (Wildman–Crippen MR) is 75.4 cm³/mol. The number of carbonyl (C=O) groups excluding carboxylic acids is 1. The predicted octanol–water partition coefficient (Wildman–Crippen LogP) is 2.23. The number of nitrogens with one attached hydrogen (secondary N) is 2. The van der Waals surface area contributed by atoms with Gasteiger partial charge in [0.1, 0.15) is 0 Å². The third kappa shape index (κ3) is 3.54. The van der Waals surface area contributed by atoms with Crippen LogP contribution in [0.5, 0.6) is 0 Å². The number of piperidine rings is 1. The topological polar surface area (TPSA) is 78.4 Å². The molecule has 1 aliphatic heterocycles. The van der Waals surface area contributed by atoms with Gasteiger partial charge in [-0.05, 0) is 37.6 Å². The average Bonchev–Trinajstić information content (AvgIpc) is 2.39. The number of carboxylic acids is 1. The summed E-state index contributed by atoms with van der Waals surface area (Å²) in [5.74, 6) is -1.24. The fourth-order valence-electron chi connectivity index (χ4n) is 2.10. The first kappa shape index (κ1) is 14.0. The number of rotatable bonds is 3. The Hall–Kier alpha value is -1.40. The molecule has 6 heteroatoms. The maximum atomic E-state index is 12.1. The first-order valence-electron chi connectivity index (χ1n) is 6.15. The van der Waals surface area contributed by atoms with Crippen molar-refractivity contribution in [2.24, 2.45) is 0 Å². The van der Waals surface area contributed by atoms with Crippen molar-refractivity contribution in [2.45, 2.75) is 25.3 Å². The van der Waals surface area contributed by atoms with Crippen LogP contribution in [0, 0.1) is 0 Å². The van der Waals surface area contributed by atoms with Gasteiger partial charge in [-0.1, -0.05) is 22.4 Å². The molecule has 1 heterocycles. The van der Waals surface area contributed by atoms with Crippen LogP contribution in [0.1, 0.15) is 29.6 Å². The monoisotopic (exact) mass is 326 g/mol. The Labute approximate surface area is 119 Å². The van der Waals surface area contributed by atoms with Gasteiger partial charge in [-0.25, -0.2) is 4.79 Å². The number of benzene rings is 1. The van der Waals surface area contributed by atoms with Crippen LogP contribution in [0.2, 0.25) is 0 Å². The van der Waals surface area contributed by atoms with E-state index in [0.717, 1.165) is 30.3 Å². The third-order valence-corrected chi connectivity index (χ3v) is 3.59. The summed E-state index contributed by atoms with van der Waals surface area (Å²) >= 11 is 3.27. The summed E-state index contributed by atoms with van der Waals surface area (Å²) in [5, 5.41) is 14.9. The van der Waals surface area contributed by atoms with Gasteiger partial charge in [0.15, 0.2) is 0 Å². The number of anilines is 1. The van der Waals surface area contributed by atoms with Gasteiger partial charge in [-0.2, -0.15) is 0 Å². The molecule has 1 amide bonds. The largest absolute Gasteiger partial charge is 0.478 e. The van der Waals surface area contributed by atoms with Gasteiger partial charge in [0.05, 0.1) is 17.3 Å². The summed E-state index contributed by atoms with van der Waals surface area (Å²) in [6.45, 7) is 0.822. The summed E-state index contributed by atoms with van der Waals surface area (Å²) in [5.41, 5.74) is 0.409. The molecule has 0 radical (unpaired) electrons. The van der Waals surface area contributed by atoms with Crippen molar-refractivity contribution < 1.29 is 14.7 Å². The minimum Gasteiger partial charge on any atom is -0.478 e. The van der Waals surface area contributed by atoms with Gasteiger partial charge in [-0.3, -0.25) is 4.79 Å². The zero-order valence-electron chi connectivity index (χ0n) is 10.3. The van der Waals surface area contributed by atoms with E-state index in [0.29, 0.717) is 5.69 Å². The van der Waals surface area contributed by atoms with Crippen LogP contribution in [-0.4, -0.2) is 29.6 Å². The van der Waals surface area contributed by atoms with Crippen molar-refractivity contribution in [3.05, 3.63) is 28.2 Å². The zero-order chi connectivity index (χ0) is 13.8. The third-order valence-electron chi connectivity index (χ3n) is 3.10. The number of carboxylic acid groups (broad SMARTS) is 1. The minimum absolute atomic E-state index is 0.0901. The molecule has 0 aromatic heterocycles. The van der Waals surface area contributed by atoms with Crippen LogP contribution in [0.3, 0.4) is 0 Å². The van der Waals surface area contributed by atoms with E-state index >= 15 is 0 Å². The molecule has 0 bridgehead atoms. The van der Waals surface area contributed by atoms with Crippen molar-refractivity contribution >= 4 is 33.5 Å². The van der Waals surface area contributed by atoms with E-state index in [1.807, 2.05) is 0 Å². The standard InChI is InChI=1S/C13H15BrN2O3/c14-8-4-5-9(13(18)19)11(7-8)16-12(17)10-3-1-2-6-15-10/h4-5,7,10,15H,1-3,6H2,(H,16,17)(H,18,19)/t10-/m1/s1. The summed E-state index contributed by atoms with van der Waals surface area (Å²) < 4.78 is 0.726. The SMILES string of the molecule is O=C(O)c1ccc(Br)cc1NC(=O)[C@H]1CCCCN1. The van der Waals surface area contributed by atoms with Gasteiger partial charge < -0.3 is 15.7 Å². The Kier molecular flexibility index (Phi) is 4.55. The summed E-state index contributed by atoms with van der Waals surface area (Å²) in [7, 11) is 0. The lowest BCUT2D eigenvalue weighted by Gasteiger charge is -2.22. The molecule has 102 valence electrons. The van der Waals surface area contributed by atoms with Gasteiger partial charge in [0.2, 0.25) is 5.91 Å². The Morgan fingerprint density at radius 1 is 1.37 bits per heavy atom. The maximum Gasteiger partial charge on any atom is 0.337 e. The van der Waals surface area contributed by atoms with E-state index in [-0.39, 0.29) is 17.5 Å².